The Labute approximate surface area is 91.5 Å². The number of rotatable bonds is 4. The van der Waals surface area contributed by atoms with Crippen molar-refractivity contribution in [2.24, 2.45) is 5.92 Å². The molecule has 0 saturated heterocycles. The van der Waals surface area contributed by atoms with Gasteiger partial charge in [0.05, 0.1) is 0 Å². The van der Waals surface area contributed by atoms with Gasteiger partial charge < -0.3 is 0 Å². The summed E-state index contributed by atoms with van der Waals surface area (Å²) in [6.45, 7) is 2.11. The van der Waals surface area contributed by atoms with Gasteiger partial charge in [-0.15, -0.1) is 0 Å². The summed E-state index contributed by atoms with van der Waals surface area (Å²) in [5, 5.41) is 0. The molecule has 0 heterocycles. The van der Waals surface area contributed by atoms with E-state index >= 15 is 0 Å². The highest BCUT2D eigenvalue weighted by Crippen LogP contribution is 2.28. The minimum absolute atomic E-state index is 0.397. The molecule has 1 nitrogen and oxygen atoms in total. The van der Waals surface area contributed by atoms with Crippen LogP contribution in [-0.2, 0) is 11.2 Å². The number of carbonyl (C=O) groups excluding carboxylic acids is 1. The minimum Gasteiger partial charge on any atom is -0.299 e. The van der Waals surface area contributed by atoms with Crippen LogP contribution in [0.3, 0.4) is 0 Å². The molecule has 2 rings (SSSR count). The van der Waals surface area contributed by atoms with Crippen LogP contribution in [-0.4, -0.2) is 5.78 Å². The molecule has 1 fully saturated rings. The average molecular weight is 202 g/mol. The molecule has 0 bridgehead atoms. The van der Waals surface area contributed by atoms with E-state index in [1.807, 2.05) is 6.07 Å². The number of aryl methyl sites for hydroxylation is 2. The molecule has 0 unspecified atom stereocenters. The summed E-state index contributed by atoms with van der Waals surface area (Å²) in [4.78, 5) is 11.7. The number of benzene rings is 1. The standard InChI is InChI=1S/C14H18O/c1-11-5-2-3-6-12(11)9-10-14(15)13-7-4-8-13/h2-3,5-6,13H,4,7-10H2,1H3. The van der Waals surface area contributed by atoms with Gasteiger partial charge in [0.25, 0.3) is 0 Å². The third kappa shape index (κ3) is 2.47. The van der Waals surface area contributed by atoms with E-state index in [-0.39, 0.29) is 0 Å². The first-order valence-corrected chi connectivity index (χ1v) is 5.84. The largest absolute Gasteiger partial charge is 0.299 e. The monoisotopic (exact) mass is 202 g/mol. The lowest BCUT2D eigenvalue weighted by Gasteiger charge is -2.23. The predicted octanol–water partition coefficient (Wildman–Crippen LogP) is 3.30. The van der Waals surface area contributed by atoms with Crippen molar-refractivity contribution < 1.29 is 4.79 Å². The summed E-state index contributed by atoms with van der Waals surface area (Å²) in [5.74, 6) is 0.874. The maximum absolute atomic E-state index is 11.7. The smallest absolute Gasteiger partial charge is 0.136 e. The van der Waals surface area contributed by atoms with E-state index in [9.17, 15) is 4.79 Å². The highest BCUT2D eigenvalue weighted by atomic mass is 16.1. The Morgan fingerprint density at radius 2 is 2.07 bits per heavy atom. The Bertz CT molecular complexity index is 350. The molecule has 1 saturated carbocycles. The van der Waals surface area contributed by atoms with Gasteiger partial charge in [-0.25, -0.2) is 0 Å². The van der Waals surface area contributed by atoms with Crippen molar-refractivity contribution in [3.8, 4) is 0 Å². The second kappa shape index (κ2) is 4.61. The van der Waals surface area contributed by atoms with Gasteiger partial charge in [0.15, 0.2) is 0 Å². The van der Waals surface area contributed by atoms with E-state index in [2.05, 4.69) is 25.1 Å². The molecule has 1 heteroatoms. The molecule has 0 atom stereocenters. The average Bonchev–Trinajstić information content (AvgIpc) is 2.14. The molecule has 1 aromatic rings. The van der Waals surface area contributed by atoms with Crippen molar-refractivity contribution in [3.63, 3.8) is 0 Å². The van der Waals surface area contributed by atoms with E-state index in [1.54, 1.807) is 0 Å². The van der Waals surface area contributed by atoms with E-state index in [1.165, 1.54) is 17.5 Å². The molecule has 0 N–H and O–H groups in total. The van der Waals surface area contributed by atoms with E-state index in [4.69, 9.17) is 0 Å². The third-order valence-corrected chi connectivity index (χ3v) is 3.46. The summed E-state index contributed by atoms with van der Waals surface area (Å²) in [6.07, 6.45) is 5.16. The topological polar surface area (TPSA) is 17.1 Å². The van der Waals surface area contributed by atoms with Crippen molar-refractivity contribution in [1.82, 2.24) is 0 Å². The van der Waals surface area contributed by atoms with E-state index < -0.39 is 0 Å². The molecule has 0 aromatic heterocycles. The molecule has 0 aliphatic heterocycles. The van der Waals surface area contributed by atoms with Crippen LogP contribution in [0.2, 0.25) is 0 Å². The fraction of sp³-hybridized carbons (Fsp3) is 0.500. The lowest BCUT2D eigenvalue weighted by molar-refractivity contribution is -0.125. The first-order chi connectivity index (χ1) is 7.27. The molecule has 1 aliphatic carbocycles. The van der Waals surface area contributed by atoms with Crippen LogP contribution in [0.25, 0.3) is 0 Å². The van der Waals surface area contributed by atoms with Gasteiger partial charge in [0.1, 0.15) is 5.78 Å². The second-order valence-corrected chi connectivity index (χ2v) is 4.52. The van der Waals surface area contributed by atoms with Gasteiger partial charge in [-0.05, 0) is 37.3 Å². The lowest BCUT2D eigenvalue weighted by Crippen LogP contribution is -2.22. The second-order valence-electron chi connectivity index (χ2n) is 4.52. The van der Waals surface area contributed by atoms with Crippen molar-refractivity contribution in [2.75, 3.05) is 0 Å². The van der Waals surface area contributed by atoms with Gasteiger partial charge in [-0.1, -0.05) is 30.7 Å². The summed E-state index contributed by atoms with van der Waals surface area (Å²) < 4.78 is 0. The molecular weight excluding hydrogens is 184 g/mol. The van der Waals surface area contributed by atoms with E-state index in [0.717, 1.165) is 25.7 Å². The van der Waals surface area contributed by atoms with Gasteiger partial charge in [-0.3, -0.25) is 4.79 Å². The molecule has 15 heavy (non-hydrogen) atoms. The summed E-state index contributed by atoms with van der Waals surface area (Å²) in [6, 6.07) is 8.34. The van der Waals surface area contributed by atoms with Gasteiger partial charge in [-0.2, -0.15) is 0 Å². The molecule has 0 spiro atoms. The Morgan fingerprint density at radius 1 is 1.33 bits per heavy atom. The minimum atomic E-state index is 0.397. The van der Waals surface area contributed by atoms with Crippen LogP contribution >= 0.6 is 0 Å². The van der Waals surface area contributed by atoms with Crippen LogP contribution in [0.4, 0.5) is 0 Å². The molecular formula is C14H18O. The van der Waals surface area contributed by atoms with Crippen LogP contribution in [0, 0.1) is 12.8 Å². The number of hydrogen-bond acceptors (Lipinski definition) is 1. The fourth-order valence-corrected chi connectivity index (χ4v) is 2.08. The fourth-order valence-electron chi connectivity index (χ4n) is 2.08. The first kappa shape index (κ1) is 10.4. The van der Waals surface area contributed by atoms with Crippen molar-refractivity contribution in [3.05, 3.63) is 35.4 Å². The molecule has 0 amide bonds. The zero-order chi connectivity index (χ0) is 10.7. The Kier molecular flexibility index (Phi) is 3.20. The lowest BCUT2D eigenvalue weighted by atomic mass is 9.80. The summed E-state index contributed by atoms with van der Waals surface area (Å²) >= 11 is 0. The number of hydrogen-bond donors (Lipinski definition) is 0. The van der Waals surface area contributed by atoms with Gasteiger partial charge in [0, 0.05) is 12.3 Å². The van der Waals surface area contributed by atoms with Crippen LogP contribution in [0.15, 0.2) is 24.3 Å². The van der Waals surface area contributed by atoms with Crippen LogP contribution < -0.4 is 0 Å². The van der Waals surface area contributed by atoms with Crippen LogP contribution in [0.5, 0.6) is 0 Å². The molecule has 80 valence electrons. The van der Waals surface area contributed by atoms with Crippen molar-refractivity contribution in [2.45, 2.75) is 39.0 Å². The molecule has 1 aromatic carbocycles. The molecule has 0 radical (unpaired) electrons. The highest BCUT2D eigenvalue weighted by molar-refractivity contribution is 5.81. The van der Waals surface area contributed by atoms with Crippen LogP contribution in [0.1, 0.15) is 36.8 Å². The van der Waals surface area contributed by atoms with Gasteiger partial charge in [0.2, 0.25) is 0 Å². The summed E-state index contributed by atoms with van der Waals surface area (Å²) in [5.41, 5.74) is 2.63. The predicted molar refractivity (Wildman–Crippen MR) is 61.8 cm³/mol. The first-order valence-electron chi connectivity index (χ1n) is 5.84. The summed E-state index contributed by atoms with van der Waals surface area (Å²) in [7, 11) is 0. The van der Waals surface area contributed by atoms with Gasteiger partial charge >= 0.3 is 0 Å². The van der Waals surface area contributed by atoms with Crippen molar-refractivity contribution >= 4 is 5.78 Å². The Hall–Kier alpha value is -1.11. The number of ketones is 1. The normalized spacial score (nSPS) is 16.1. The number of Topliss-reactive ketones (excluding diaryl/α,β-unsaturated/α-hetero) is 1. The molecule has 1 aliphatic rings. The van der Waals surface area contributed by atoms with Crippen molar-refractivity contribution in [1.29, 1.82) is 0 Å². The van der Waals surface area contributed by atoms with E-state index in [0.29, 0.717) is 11.7 Å². The SMILES string of the molecule is Cc1ccccc1CCC(=O)C1CCC1. The maximum Gasteiger partial charge on any atom is 0.136 e. The Balaban J connectivity index is 1.87. The number of carbonyl (C=O) groups is 1. The quantitative estimate of drug-likeness (QED) is 0.732. The zero-order valence-electron chi connectivity index (χ0n) is 9.33. The third-order valence-electron chi connectivity index (χ3n) is 3.46. The highest BCUT2D eigenvalue weighted by Gasteiger charge is 2.24. The maximum atomic E-state index is 11.7. The Morgan fingerprint density at radius 3 is 2.67 bits per heavy atom. The zero-order valence-corrected chi connectivity index (χ0v) is 9.33.